The summed E-state index contributed by atoms with van der Waals surface area (Å²) in [6.07, 6.45) is 1.85. The van der Waals surface area contributed by atoms with Crippen LogP contribution in [0.1, 0.15) is 22.3 Å². The lowest BCUT2D eigenvalue weighted by Gasteiger charge is -2.12. The summed E-state index contributed by atoms with van der Waals surface area (Å²) in [7, 11) is 2.99. The van der Waals surface area contributed by atoms with Crippen LogP contribution < -0.4 is 15.4 Å². The molecule has 2 aromatic carbocycles. The first-order chi connectivity index (χ1) is 12.5. The first-order valence-electron chi connectivity index (χ1n) is 8.09. The molecule has 0 amide bonds. The molecule has 7 heteroatoms. The highest BCUT2D eigenvalue weighted by Crippen LogP contribution is 2.23. The number of halogens is 1. The first-order valence-corrected chi connectivity index (χ1v) is 8.87. The molecule has 2 rings (SSSR count). The molecule has 0 fully saturated rings. The summed E-state index contributed by atoms with van der Waals surface area (Å²) in [4.78, 5) is 11.6. The normalized spacial score (nSPS) is 10.1. The predicted octanol–water partition coefficient (Wildman–Crippen LogP) is 4.05. The summed E-state index contributed by atoms with van der Waals surface area (Å²) in [6.45, 7) is 0.714. The number of hydrogen-bond donors (Lipinski definition) is 2. The van der Waals surface area contributed by atoms with E-state index < -0.39 is 5.97 Å². The monoisotopic (exact) mass is 392 g/mol. The van der Waals surface area contributed by atoms with Crippen LogP contribution in [0.4, 0.5) is 5.69 Å². The van der Waals surface area contributed by atoms with Crippen molar-refractivity contribution in [3.05, 3.63) is 58.6 Å². The zero-order valence-corrected chi connectivity index (χ0v) is 16.2. The zero-order chi connectivity index (χ0) is 18.9. The van der Waals surface area contributed by atoms with Gasteiger partial charge in [-0.25, -0.2) is 4.79 Å². The summed E-state index contributed by atoms with van der Waals surface area (Å²) in [5.74, 6) is 0.423. The van der Waals surface area contributed by atoms with Gasteiger partial charge in [0.1, 0.15) is 5.75 Å². The number of carbonyl (C=O) groups is 1. The number of thiocarbonyl (C=S) groups is 1. The number of anilines is 1. The van der Waals surface area contributed by atoms with Gasteiger partial charge in [-0.3, -0.25) is 0 Å². The van der Waals surface area contributed by atoms with Gasteiger partial charge in [0.15, 0.2) is 5.11 Å². The van der Waals surface area contributed by atoms with E-state index in [1.54, 1.807) is 25.3 Å². The molecule has 0 radical (unpaired) electrons. The van der Waals surface area contributed by atoms with Crippen molar-refractivity contribution in [2.24, 2.45) is 0 Å². The Hall–Kier alpha value is -2.31. The Kier molecular flexibility index (Phi) is 7.69. The third kappa shape index (κ3) is 5.89. The Morgan fingerprint density at radius 2 is 1.88 bits per heavy atom. The Morgan fingerprint density at radius 3 is 2.54 bits per heavy atom. The summed E-state index contributed by atoms with van der Waals surface area (Å²) in [6, 6.07) is 12.8. The Balaban J connectivity index is 1.80. The van der Waals surface area contributed by atoms with E-state index >= 15 is 0 Å². The molecule has 0 spiro atoms. The zero-order valence-electron chi connectivity index (χ0n) is 14.7. The van der Waals surface area contributed by atoms with Crippen LogP contribution in [0, 0.1) is 0 Å². The van der Waals surface area contributed by atoms with Crippen LogP contribution in [0.5, 0.6) is 5.75 Å². The molecule has 138 valence electrons. The Morgan fingerprint density at radius 1 is 1.15 bits per heavy atom. The number of esters is 1. The van der Waals surface area contributed by atoms with Gasteiger partial charge in [-0.15, -0.1) is 0 Å². The minimum atomic E-state index is -0.428. The molecule has 26 heavy (non-hydrogen) atoms. The van der Waals surface area contributed by atoms with E-state index in [0.717, 1.165) is 18.6 Å². The third-order valence-corrected chi connectivity index (χ3v) is 4.30. The second kappa shape index (κ2) is 9.99. The van der Waals surface area contributed by atoms with Crippen LogP contribution in [0.15, 0.2) is 42.5 Å². The summed E-state index contributed by atoms with van der Waals surface area (Å²) in [5, 5.41) is 7.06. The number of benzene rings is 2. The SMILES string of the molecule is COC(=O)c1ccc(Cl)c(NC(=S)NCCCc2ccc(OC)cc2)c1. The Bertz CT molecular complexity index is 766. The van der Waals surface area contributed by atoms with Crippen LogP contribution in [-0.4, -0.2) is 31.8 Å². The van der Waals surface area contributed by atoms with Gasteiger partial charge in [0.25, 0.3) is 0 Å². The second-order valence-electron chi connectivity index (χ2n) is 5.52. The van der Waals surface area contributed by atoms with Crippen molar-refractivity contribution in [2.45, 2.75) is 12.8 Å². The molecule has 0 aliphatic heterocycles. The quantitative estimate of drug-likeness (QED) is 0.421. The molecule has 0 bridgehead atoms. The van der Waals surface area contributed by atoms with Crippen molar-refractivity contribution in [3.8, 4) is 5.75 Å². The number of carbonyl (C=O) groups excluding carboxylic acids is 1. The largest absolute Gasteiger partial charge is 0.497 e. The lowest BCUT2D eigenvalue weighted by molar-refractivity contribution is 0.0601. The van der Waals surface area contributed by atoms with E-state index in [9.17, 15) is 4.79 Å². The number of rotatable bonds is 7. The fourth-order valence-electron chi connectivity index (χ4n) is 2.32. The van der Waals surface area contributed by atoms with E-state index in [1.165, 1.54) is 12.7 Å². The average molecular weight is 393 g/mol. The molecule has 5 nitrogen and oxygen atoms in total. The van der Waals surface area contributed by atoms with E-state index in [4.69, 9.17) is 33.3 Å². The average Bonchev–Trinajstić information content (AvgIpc) is 2.66. The van der Waals surface area contributed by atoms with Gasteiger partial charge in [0.05, 0.1) is 30.5 Å². The molecule has 0 saturated heterocycles. The number of methoxy groups -OCH3 is 2. The van der Waals surface area contributed by atoms with Gasteiger partial charge in [-0.1, -0.05) is 23.7 Å². The lowest BCUT2D eigenvalue weighted by Crippen LogP contribution is -2.29. The highest BCUT2D eigenvalue weighted by molar-refractivity contribution is 7.80. The minimum Gasteiger partial charge on any atom is -0.497 e. The van der Waals surface area contributed by atoms with E-state index in [0.29, 0.717) is 27.9 Å². The number of aryl methyl sites for hydroxylation is 1. The molecule has 0 heterocycles. The van der Waals surface area contributed by atoms with Gasteiger partial charge in [0, 0.05) is 6.54 Å². The molecule has 2 N–H and O–H groups in total. The van der Waals surface area contributed by atoms with Gasteiger partial charge >= 0.3 is 5.97 Å². The molecule has 0 aromatic heterocycles. The van der Waals surface area contributed by atoms with Crippen LogP contribution in [0.2, 0.25) is 5.02 Å². The van der Waals surface area contributed by atoms with Crippen molar-refractivity contribution in [1.29, 1.82) is 0 Å². The van der Waals surface area contributed by atoms with Crippen LogP contribution >= 0.6 is 23.8 Å². The van der Waals surface area contributed by atoms with Crippen LogP contribution in [0.3, 0.4) is 0 Å². The van der Waals surface area contributed by atoms with Crippen molar-refractivity contribution < 1.29 is 14.3 Å². The maximum Gasteiger partial charge on any atom is 0.337 e. The maximum absolute atomic E-state index is 11.6. The third-order valence-electron chi connectivity index (χ3n) is 3.72. The van der Waals surface area contributed by atoms with Gasteiger partial charge in [-0.2, -0.15) is 0 Å². The fourth-order valence-corrected chi connectivity index (χ4v) is 2.70. The van der Waals surface area contributed by atoms with Crippen molar-refractivity contribution in [1.82, 2.24) is 5.32 Å². The number of hydrogen-bond acceptors (Lipinski definition) is 4. The van der Waals surface area contributed by atoms with Crippen LogP contribution in [0.25, 0.3) is 0 Å². The molecular formula is C19H21ClN2O3S. The summed E-state index contributed by atoms with van der Waals surface area (Å²) >= 11 is 11.4. The van der Waals surface area contributed by atoms with E-state index in [-0.39, 0.29) is 0 Å². The predicted molar refractivity (Wildman–Crippen MR) is 108 cm³/mol. The van der Waals surface area contributed by atoms with Gasteiger partial charge < -0.3 is 20.1 Å². The summed E-state index contributed by atoms with van der Waals surface area (Å²) < 4.78 is 9.85. The van der Waals surface area contributed by atoms with Crippen molar-refractivity contribution in [3.63, 3.8) is 0 Å². The number of nitrogens with one attached hydrogen (secondary N) is 2. The molecule has 0 unspecified atom stereocenters. The molecule has 0 atom stereocenters. The second-order valence-corrected chi connectivity index (χ2v) is 6.33. The van der Waals surface area contributed by atoms with Crippen molar-refractivity contribution in [2.75, 3.05) is 26.1 Å². The molecule has 2 aromatic rings. The summed E-state index contributed by atoms with van der Waals surface area (Å²) in [5.41, 5.74) is 2.20. The highest BCUT2D eigenvalue weighted by Gasteiger charge is 2.09. The molecule has 0 saturated carbocycles. The van der Waals surface area contributed by atoms with Crippen molar-refractivity contribution >= 4 is 40.6 Å². The maximum atomic E-state index is 11.6. The smallest absolute Gasteiger partial charge is 0.337 e. The standard InChI is InChI=1S/C19H21ClN2O3S/c1-24-15-8-5-13(6-9-15)4-3-11-21-19(26)22-17-12-14(18(23)25-2)7-10-16(17)20/h5-10,12H,3-4,11H2,1-2H3,(H2,21,22,26). The molecule has 0 aliphatic rings. The van der Waals surface area contributed by atoms with E-state index in [1.807, 2.05) is 24.3 Å². The highest BCUT2D eigenvalue weighted by atomic mass is 35.5. The fraction of sp³-hybridized carbons (Fsp3) is 0.263. The minimum absolute atomic E-state index is 0.404. The molecular weight excluding hydrogens is 372 g/mol. The molecule has 0 aliphatic carbocycles. The van der Waals surface area contributed by atoms with Gasteiger partial charge in [-0.05, 0) is 61.0 Å². The van der Waals surface area contributed by atoms with E-state index in [2.05, 4.69) is 10.6 Å². The van der Waals surface area contributed by atoms with Gasteiger partial charge in [0.2, 0.25) is 0 Å². The Labute approximate surface area is 163 Å². The lowest BCUT2D eigenvalue weighted by atomic mass is 10.1. The number of ether oxygens (including phenoxy) is 2. The first kappa shape index (κ1) is 20.0. The van der Waals surface area contributed by atoms with Crippen LogP contribution in [-0.2, 0) is 11.2 Å². The topological polar surface area (TPSA) is 59.6 Å².